The molecule has 4 N–H and O–H groups in total. The van der Waals surface area contributed by atoms with Crippen molar-refractivity contribution in [2.75, 3.05) is 6.61 Å². The van der Waals surface area contributed by atoms with E-state index < -0.39 is 18.2 Å². The number of hydrogen-bond acceptors (Lipinski definition) is 4. The lowest BCUT2D eigenvalue weighted by atomic mass is 9.90. The third-order valence-corrected chi connectivity index (χ3v) is 3.43. The highest BCUT2D eigenvalue weighted by Gasteiger charge is 2.35. The smallest absolute Gasteiger partial charge is 0.328 e. The molecule has 1 saturated carbocycles. The van der Waals surface area contributed by atoms with Gasteiger partial charge in [-0.15, -0.1) is 0 Å². The second kappa shape index (κ2) is 8.09. The predicted octanol–water partition coefficient (Wildman–Crippen LogP) is 0.704. The van der Waals surface area contributed by atoms with Crippen LogP contribution in [-0.2, 0) is 4.79 Å². The van der Waals surface area contributed by atoms with Gasteiger partial charge in [-0.2, -0.15) is 0 Å². The first-order valence-electron chi connectivity index (χ1n) is 6.59. The minimum absolute atomic E-state index is 0.0436. The van der Waals surface area contributed by atoms with Gasteiger partial charge in [-0.05, 0) is 43.6 Å². The van der Waals surface area contributed by atoms with E-state index in [4.69, 9.17) is 10.2 Å². The minimum atomic E-state index is -1.09. The molecule has 0 amide bonds. The molecule has 108 valence electrons. The Morgan fingerprint density at radius 2 is 2.11 bits per heavy atom. The van der Waals surface area contributed by atoms with Crippen LogP contribution in [0.3, 0.4) is 0 Å². The van der Waals surface area contributed by atoms with Crippen LogP contribution in [0.25, 0.3) is 0 Å². The van der Waals surface area contributed by atoms with Crippen molar-refractivity contribution in [3.05, 3.63) is 24.3 Å². The summed E-state index contributed by atoms with van der Waals surface area (Å²) in [5, 5.41) is 36.8. The molecule has 1 fully saturated rings. The van der Waals surface area contributed by atoms with Crippen molar-refractivity contribution >= 4 is 5.97 Å². The SMILES string of the molecule is O=C(O)/C=C/[C@@H](O)[C@@H]1C[C@@H](O)C[C@H]1/C=C/CCCO. The molecular formula is C14H22O5. The van der Waals surface area contributed by atoms with E-state index in [-0.39, 0.29) is 18.4 Å². The summed E-state index contributed by atoms with van der Waals surface area (Å²) in [7, 11) is 0. The first kappa shape index (κ1) is 15.9. The van der Waals surface area contributed by atoms with Gasteiger partial charge < -0.3 is 20.4 Å². The topological polar surface area (TPSA) is 98.0 Å². The van der Waals surface area contributed by atoms with Crippen LogP contribution in [0.1, 0.15) is 25.7 Å². The minimum Gasteiger partial charge on any atom is -0.478 e. The van der Waals surface area contributed by atoms with Gasteiger partial charge in [-0.3, -0.25) is 0 Å². The fourth-order valence-corrected chi connectivity index (χ4v) is 2.49. The van der Waals surface area contributed by atoms with Crippen LogP contribution in [-0.4, -0.2) is 45.2 Å². The molecule has 0 bridgehead atoms. The van der Waals surface area contributed by atoms with E-state index in [9.17, 15) is 15.0 Å². The zero-order chi connectivity index (χ0) is 14.3. The summed E-state index contributed by atoms with van der Waals surface area (Å²) in [4.78, 5) is 10.4. The van der Waals surface area contributed by atoms with Gasteiger partial charge in [0, 0.05) is 12.7 Å². The number of carboxylic acids is 1. The summed E-state index contributed by atoms with van der Waals surface area (Å²) in [6.45, 7) is 0.144. The Morgan fingerprint density at radius 1 is 1.37 bits per heavy atom. The van der Waals surface area contributed by atoms with Crippen molar-refractivity contribution < 1.29 is 25.2 Å². The van der Waals surface area contributed by atoms with Crippen molar-refractivity contribution in [3.63, 3.8) is 0 Å². The maximum Gasteiger partial charge on any atom is 0.328 e. The summed E-state index contributed by atoms with van der Waals surface area (Å²) < 4.78 is 0. The van der Waals surface area contributed by atoms with E-state index in [0.29, 0.717) is 19.3 Å². The van der Waals surface area contributed by atoms with E-state index in [2.05, 4.69) is 0 Å². The molecule has 0 aromatic carbocycles. The molecule has 0 unspecified atom stereocenters. The number of carboxylic acid groups (broad SMARTS) is 1. The summed E-state index contributed by atoms with van der Waals surface area (Å²) >= 11 is 0. The maximum atomic E-state index is 10.4. The Morgan fingerprint density at radius 3 is 2.74 bits per heavy atom. The molecule has 1 aliphatic rings. The van der Waals surface area contributed by atoms with E-state index in [1.54, 1.807) is 0 Å². The third kappa shape index (κ3) is 5.55. The zero-order valence-electron chi connectivity index (χ0n) is 10.9. The van der Waals surface area contributed by atoms with Crippen LogP contribution in [0.5, 0.6) is 0 Å². The van der Waals surface area contributed by atoms with E-state index in [1.807, 2.05) is 12.2 Å². The molecule has 0 heterocycles. The Hall–Kier alpha value is -1.17. The molecule has 0 spiro atoms. The maximum absolute atomic E-state index is 10.4. The number of aliphatic carboxylic acids is 1. The van der Waals surface area contributed by atoms with Crippen molar-refractivity contribution in [2.45, 2.75) is 37.9 Å². The van der Waals surface area contributed by atoms with Crippen molar-refractivity contribution in [1.82, 2.24) is 0 Å². The summed E-state index contributed by atoms with van der Waals surface area (Å²) in [5.41, 5.74) is 0. The van der Waals surface area contributed by atoms with Gasteiger partial charge >= 0.3 is 5.97 Å². The molecule has 1 rings (SSSR count). The van der Waals surface area contributed by atoms with Crippen LogP contribution in [0.2, 0.25) is 0 Å². The highest BCUT2D eigenvalue weighted by molar-refractivity contribution is 5.79. The molecule has 19 heavy (non-hydrogen) atoms. The van der Waals surface area contributed by atoms with Gasteiger partial charge in [0.25, 0.3) is 0 Å². The summed E-state index contributed by atoms with van der Waals surface area (Å²) in [6.07, 6.45) is 7.29. The Labute approximate surface area is 112 Å². The van der Waals surface area contributed by atoms with Gasteiger partial charge in [-0.25, -0.2) is 4.79 Å². The Bertz CT molecular complexity index is 337. The molecule has 0 aliphatic heterocycles. The number of unbranched alkanes of at least 4 members (excludes halogenated alkanes) is 1. The molecule has 5 nitrogen and oxygen atoms in total. The van der Waals surface area contributed by atoms with Crippen LogP contribution in [0.4, 0.5) is 0 Å². The lowest BCUT2D eigenvalue weighted by Crippen LogP contribution is -2.21. The number of aliphatic hydroxyl groups is 3. The molecular weight excluding hydrogens is 248 g/mol. The average molecular weight is 270 g/mol. The molecule has 0 saturated heterocycles. The van der Waals surface area contributed by atoms with Gasteiger partial charge in [0.15, 0.2) is 0 Å². The standard InChI is InChI=1S/C14H22O5/c15-7-3-1-2-4-10-8-11(16)9-12(10)13(17)5-6-14(18)19/h2,4-6,10-13,15-17H,1,3,7-9H2,(H,18,19)/b4-2+,6-5+/t10-,11+,12-,13-/m1/s1. The van der Waals surface area contributed by atoms with Gasteiger partial charge in [0.2, 0.25) is 0 Å². The Balaban J connectivity index is 2.58. The number of rotatable bonds is 7. The fourth-order valence-electron chi connectivity index (χ4n) is 2.49. The summed E-state index contributed by atoms with van der Waals surface area (Å²) in [5.74, 6) is -1.20. The van der Waals surface area contributed by atoms with Gasteiger partial charge in [0.05, 0.1) is 12.2 Å². The molecule has 0 aromatic rings. The first-order valence-corrected chi connectivity index (χ1v) is 6.59. The van der Waals surface area contributed by atoms with Gasteiger partial charge in [0.1, 0.15) is 0 Å². The van der Waals surface area contributed by atoms with Crippen LogP contribution < -0.4 is 0 Å². The number of allylic oxidation sites excluding steroid dienone is 2. The first-order chi connectivity index (χ1) is 9.04. The Kier molecular flexibility index (Phi) is 6.77. The van der Waals surface area contributed by atoms with Crippen molar-refractivity contribution in [2.24, 2.45) is 11.8 Å². The number of carbonyl (C=O) groups is 1. The molecule has 0 radical (unpaired) electrons. The van der Waals surface area contributed by atoms with Crippen molar-refractivity contribution in [1.29, 1.82) is 0 Å². The monoisotopic (exact) mass is 270 g/mol. The van der Waals surface area contributed by atoms with E-state index in [0.717, 1.165) is 12.5 Å². The second-order valence-electron chi connectivity index (χ2n) is 4.93. The van der Waals surface area contributed by atoms with Crippen LogP contribution >= 0.6 is 0 Å². The largest absolute Gasteiger partial charge is 0.478 e. The normalized spacial score (nSPS) is 29.3. The number of hydrogen-bond donors (Lipinski definition) is 4. The molecule has 1 aliphatic carbocycles. The molecule has 4 atom stereocenters. The highest BCUT2D eigenvalue weighted by Crippen LogP contribution is 2.36. The van der Waals surface area contributed by atoms with Crippen LogP contribution in [0, 0.1) is 11.8 Å². The molecule has 5 heteroatoms. The van der Waals surface area contributed by atoms with Crippen LogP contribution in [0.15, 0.2) is 24.3 Å². The van der Waals surface area contributed by atoms with E-state index >= 15 is 0 Å². The highest BCUT2D eigenvalue weighted by atomic mass is 16.4. The quantitative estimate of drug-likeness (QED) is 0.310. The third-order valence-electron chi connectivity index (χ3n) is 3.43. The lowest BCUT2D eigenvalue weighted by Gasteiger charge is -2.19. The number of aliphatic hydroxyl groups excluding tert-OH is 3. The molecule has 0 aromatic heterocycles. The van der Waals surface area contributed by atoms with E-state index in [1.165, 1.54) is 6.08 Å². The fraction of sp³-hybridized carbons (Fsp3) is 0.643. The lowest BCUT2D eigenvalue weighted by molar-refractivity contribution is -0.131. The second-order valence-corrected chi connectivity index (χ2v) is 4.93. The predicted molar refractivity (Wildman–Crippen MR) is 70.5 cm³/mol. The zero-order valence-corrected chi connectivity index (χ0v) is 10.9. The summed E-state index contributed by atoms with van der Waals surface area (Å²) in [6, 6.07) is 0. The van der Waals surface area contributed by atoms with Gasteiger partial charge in [-0.1, -0.05) is 12.2 Å². The average Bonchev–Trinajstić information content (AvgIpc) is 2.73. The van der Waals surface area contributed by atoms with Crippen molar-refractivity contribution in [3.8, 4) is 0 Å².